The average molecular weight is 257 g/mol. The lowest BCUT2D eigenvalue weighted by Crippen LogP contribution is -2.46. The van der Waals surface area contributed by atoms with Crippen molar-refractivity contribution < 1.29 is 0 Å². The molecule has 0 amide bonds. The fraction of sp³-hybridized carbons (Fsp3) is 0.562. The summed E-state index contributed by atoms with van der Waals surface area (Å²) in [6, 6.07) is 13.6. The molecule has 0 radical (unpaired) electrons. The fourth-order valence-corrected chi connectivity index (χ4v) is 3.08. The maximum Gasteiger partial charge on any atom is 0.0641 e. The Hall–Kier alpha value is -1.37. The van der Waals surface area contributed by atoms with E-state index < -0.39 is 0 Å². The highest BCUT2D eigenvalue weighted by Crippen LogP contribution is 2.30. The zero-order valence-corrected chi connectivity index (χ0v) is 11.7. The van der Waals surface area contributed by atoms with Crippen molar-refractivity contribution in [3.05, 3.63) is 35.9 Å². The number of likely N-dealkylation sites (N-methyl/N-ethyl adjacent to an activating group) is 1. The molecule has 0 bridgehead atoms. The molecule has 102 valence electrons. The molecule has 0 spiro atoms. The van der Waals surface area contributed by atoms with Crippen molar-refractivity contribution in [2.24, 2.45) is 0 Å². The number of hydrogen-bond acceptors (Lipinski definition) is 3. The molecule has 1 aliphatic heterocycles. The number of piperidine rings is 1. The molecule has 3 heteroatoms. The van der Waals surface area contributed by atoms with Gasteiger partial charge in [-0.25, -0.2) is 0 Å². The molecule has 2 unspecified atom stereocenters. The van der Waals surface area contributed by atoms with Gasteiger partial charge in [0.15, 0.2) is 0 Å². The highest BCUT2D eigenvalue weighted by Gasteiger charge is 2.29. The molecule has 3 nitrogen and oxygen atoms in total. The predicted octanol–water partition coefficient (Wildman–Crippen LogP) is 2.72. The number of likely N-dealkylation sites (tertiary alicyclic amines) is 1. The van der Waals surface area contributed by atoms with Crippen molar-refractivity contribution in [3.8, 4) is 6.07 Å². The predicted molar refractivity (Wildman–Crippen MR) is 77.7 cm³/mol. The van der Waals surface area contributed by atoms with Crippen LogP contribution in [-0.4, -0.2) is 31.1 Å². The van der Waals surface area contributed by atoms with Crippen LogP contribution in [0.5, 0.6) is 0 Å². The lowest BCUT2D eigenvalue weighted by Gasteiger charge is -2.40. The topological polar surface area (TPSA) is 39.1 Å². The minimum atomic E-state index is 0.241. The van der Waals surface area contributed by atoms with Gasteiger partial charge in [-0.3, -0.25) is 4.90 Å². The summed E-state index contributed by atoms with van der Waals surface area (Å²) in [5, 5.41) is 12.4. The Labute approximate surface area is 116 Å². The summed E-state index contributed by atoms with van der Waals surface area (Å²) < 4.78 is 0. The Morgan fingerprint density at radius 1 is 1.37 bits per heavy atom. The van der Waals surface area contributed by atoms with Gasteiger partial charge in [-0.05, 0) is 32.0 Å². The van der Waals surface area contributed by atoms with Gasteiger partial charge in [0.2, 0.25) is 0 Å². The highest BCUT2D eigenvalue weighted by atomic mass is 15.2. The molecule has 1 aromatic carbocycles. The first-order valence-electron chi connectivity index (χ1n) is 7.19. The summed E-state index contributed by atoms with van der Waals surface area (Å²) in [5.74, 6) is 0. The van der Waals surface area contributed by atoms with E-state index in [0.717, 1.165) is 13.1 Å². The maximum absolute atomic E-state index is 9.15. The summed E-state index contributed by atoms with van der Waals surface area (Å²) >= 11 is 0. The van der Waals surface area contributed by atoms with Crippen LogP contribution in [0.1, 0.15) is 37.3 Å². The first-order chi connectivity index (χ1) is 9.36. The van der Waals surface area contributed by atoms with Crippen molar-refractivity contribution >= 4 is 0 Å². The van der Waals surface area contributed by atoms with E-state index in [1.54, 1.807) is 0 Å². The molecule has 1 N–H and O–H groups in total. The van der Waals surface area contributed by atoms with E-state index in [4.69, 9.17) is 5.26 Å². The highest BCUT2D eigenvalue weighted by molar-refractivity contribution is 5.20. The second-order valence-corrected chi connectivity index (χ2v) is 5.23. The van der Waals surface area contributed by atoms with Crippen LogP contribution in [0.15, 0.2) is 30.3 Å². The third-order valence-corrected chi connectivity index (χ3v) is 3.98. The lowest BCUT2D eigenvalue weighted by atomic mass is 9.94. The third kappa shape index (κ3) is 3.56. The second-order valence-electron chi connectivity index (χ2n) is 5.23. The number of nitrogens with one attached hydrogen (secondary N) is 1. The average Bonchev–Trinajstić information content (AvgIpc) is 2.47. The van der Waals surface area contributed by atoms with Gasteiger partial charge in [-0.15, -0.1) is 0 Å². The van der Waals surface area contributed by atoms with Crippen LogP contribution in [0.4, 0.5) is 0 Å². The van der Waals surface area contributed by atoms with Crippen molar-refractivity contribution in [2.75, 3.05) is 20.1 Å². The zero-order valence-electron chi connectivity index (χ0n) is 11.7. The van der Waals surface area contributed by atoms with Crippen molar-refractivity contribution in [1.29, 1.82) is 5.26 Å². The monoisotopic (exact) mass is 257 g/mol. The Morgan fingerprint density at radius 3 is 2.84 bits per heavy atom. The number of hydrogen-bond donors (Lipinski definition) is 1. The van der Waals surface area contributed by atoms with Crippen LogP contribution in [0, 0.1) is 11.3 Å². The molecule has 0 aliphatic carbocycles. The van der Waals surface area contributed by atoms with E-state index in [-0.39, 0.29) is 6.04 Å². The molecular weight excluding hydrogens is 234 g/mol. The molecular formula is C16H23N3. The standard InChI is InChI=1S/C16H23N3/c1-18-13-15-9-5-6-12-19(15)16(10-11-17)14-7-3-2-4-8-14/h2-4,7-8,15-16,18H,5-6,9-10,12-13H2,1H3. The van der Waals surface area contributed by atoms with Crippen molar-refractivity contribution in [3.63, 3.8) is 0 Å². The van der Waals surface area contributed by atoms with E-state index in [0.29, 0.717) is 12.5 Å². The van der Waals surface area contributed by atoms with E-state index in [1.807, 2.05) is 13.1 Å². The summed E-state index contributed by atoms with van der Waals surface area (Å²) in [7, 11) is 2.01. The van der Waals surface area contributed by atoms with Crippen molar-refractivity contribution in [1.82, 2.24) is 10.2 Å². The Kier molecular flexibility index (Phi) is 5.38. The van der Waals surface area contributed by atoms with Gasteiger partial charge < -0.3 is 5.32 Å². The Bertz CT molecular complexity index is 408. The second kappa shape index (κ2) is 7.28. The van der Waals surface area contributed by atoms with Crippen LogP contribution in [0.25, 0.3) is 0 Å². The minimum Gasteiger partial charge on any atom is -0.318 e. The van der Waals surface area contributed by atoms with E-state index in [1.165, 1.54) is 24.8 Å². The molecule has 19 heavy (non-hydrogen) atoms. The molecule has 2 atom stereocenters. The zero-order chi connectivity index (χ0) is 13.5. The summed E-state index contributed by atoms with van der Waals surface area (Å²) in [6.07, 6.45) is 4.35. The lowest BCUT2D eigenvalue weighted by molar-refractivity contribution is 0.0960. The largest absolute Gasteiger partial charge is 0.318 e. The molecule has 1 fully saturated rings. The number of nitrogens with zero attached hydrogens (tertiary/aromatic N) is 2. The van der Waals surface area contributed by atoms with E-state index >= 15 is 0 Å². The van der Waals surface area contributed by atoms with Gasteiger partial charge in [-0.2, -0.15) is 5.26 Å². The fourth-order valence-electron chi connectivity index (χ4n) is 3.08. The van der Waals surface area contributed by atoms with Crippen LogP contribution in [0.2, 0.25) is 0 Å². The van der Waals surface area contributed by atoms with Gasteiger partial charge in [0, 0.05) is 18.6 Å². The van der Waals surface area contributed by atoms with Crippen LogP contribution in [0.3, 0.4) is 0 Å². The van der Waals surface area contributed by atoms with Gasteiger partial charge in [0.1, 0.15) is 0 Å². The van der Waals surface area contributed by atoms with Crippen molar-refractivity contribution in [2.45, 2.75) is 37.8 Å². The van der Waals surface area contributed by atoms with Crippen LogP contribution in [-0.2, 0) is 0 Å². The minimum absolute atomic E-state index is 0.241. The van der Waals surface area contributed by atoms with E-state index in [2.05, 4.69) is 40.6 Å². The molecule has 1 saturated heterocycles. The normalized spacial score (nSPS) is 21.8. The maximum atomic E-state index is 9.15. The first-order valence-corrected chi connectivity index (χ1v) is 7.19. The van der Waals surface area contributed by atoms with E-state index in [9.17, 15) is 0 Å². The summed E-state index contributed by atoms with van der Waals surface area (Å²) in [4.78, 5) is 2.53. The van der Waals surface area contributed by atoms with Crippen LogP contribution < -0.4 is 5.32 Å². The molecule has 0 aromatic heterocycles. The summed E-state index contributed by atoms with van der Waals surface area (Å²) in [6.45, 7) is 2.11. The number of rotatable bonds is 5. The Balaban J connectivity index is 2.19. The van der Waals surface area contributed by atoms with Crippen LogP contribution >= 0.6 is 0 Å². The molecule has 2 rings (SSSR count). The number of benzene rings is 1. The van der Waals surface area contributed by atoms with Gasteiger partial charge in [0.25, 0.3) is 0 Å². The van der Waals surface area contributed by atoms with Gasteiger partial charge in [-0.1, -0.05) is 36.8 Å². The van der Waals surface area contributed by atoms with Gasteiger partial charge in [0.05, 0.1) is 12.5 Å². The summed E-state index contributed by atoms with van der Waals surface area (Å²) in [5.41, 5.74) is 1.27. The molecule has 0 saturated carbocycles. The molecule has 1 aromatic rings. The number of nitriles is 1. The third-order valence-electron chi connectivity index (χ3n) is 3.98. The molecule has 1 heterocycles. The SMILES string of the molecule is CNCC1CCCCN1C(CC#N)c1ccccc1. The molecule has 1 aliphatic rings. The smallest absolute Gasteiger partial charge is 0.0641 e. The van der Waals surface area contributed by atoms with Gasteiger partial charge >= 0.3 is 0 Å². The first kappa shape index (κ1) is 14.0. The Morgan fingerprint density at radius 2 is 2.16 bits per heavy atom. The quantitative estimate of drug-likeness (QED) is 0.881.